The van der Waals surface area contributed by atoms with Gasteiger partial charge in [-0.3, -0.25) is 9.59 Å². The first-order chi connectivity index (χ1) is 11.0. The largest absolute Gasteiger partial charge is 0.481 e. The van der Waals surface area contributed by atoms with Gasteiger partial charge in [0, 0.05) is 19.5 Å². The van der Waals surface area contributed by atoms with Crippen molar-refractivity contribution >= 4 is 11.9 Å². The third-order valence-electron chi connectivity index (χ3n) is 4.90. The van der Waals surface area contributed by atoms with Gasteiger partial charge in [0.1, 0.15) is 0 Å². The van der Waals surface area contributed by atoms with E-state index in [9.17, 15) is 23.5 Å². The highest BCUT2D eigenvalue weighted by Crippen LogP contribution is 2.44. The van der Waals surface area contributed by atoms with E-state index in [0.29, 0.717) is 12.5 Å². The first-order valence-electron chi connectivity index (χ1n) is 7.91. The third kappa shape index (κ3) is 3.35. The van der Waals surface area contributed by atoms with Gasteiger partial charge >= 0.3 is 5.97 Å². The number of aryl methyl sites for hydroxylation is 1. The van der Waals surface area contributed by atoms with Crippen LogP contribution in [-0.4, -0.2) is 35.0 Å². The zero-order chi connectivity index (χ0) is 16.6. The number of carboxylic acid groups (broad SMARTS) is 1. The number of likely N-dealkylation sites (tertiary alicyclic amines) is 1. The zero-order valence-electron chi connectivity index (χ0n) is 12.7. The first-order valence-corrected chi connectivity index (χ1v) is 7.91. The summed E-state index contributed by atoms with van der Waals surface area (Å²) in [6, 6.07) is 3.92. The minimum absolute atomic E-state index is 0.0300. The van der Waals surface area contributed by atoms with Crippen LogP contribution >= 0.6 is 0 Å². The lowest BCUT2D eigenvalue weighted by molar-refractivity contribution is -0.142. The van der Waals surface area contributed by atoms with Crippen LogP contribution < -0.4 is 0 Å². The molecule has 3 rings (SSSR count). The summed E-state index contributed by atoms with van der Waals surface area (Å²) in [6.45, 7) is 0.688. The molecule has 0 radical (unpaired) electrons. The van der Waals surface area contributed by atoms with E-state index in [4.69, 9.17) is 0 Å². The lowest BCUT2D eigenvalue weighted by Crippen LogP contribution is -2.30. The van der Waals surface area contributed by atoms with Crippen LogP contribution in [0, 0.1) is 29.4 Å². The Morgan fingerprint density at radius 1 is 1.22 bits per heavy atom. The Bertz CT molecular complexity index is 630. The molecule has 1 heterocycles. The van der Waals surface area contributed by atoms with Gasteiger partial charge in [0.05, 0.1) is 5.92 Å². The minimum Gasteiger partial charge on any atom is -0.481 e. The van der Waals surface area contributed by atoms with E-state index >= 15 is 0 Å². The molecule has 1 N–H and O–H groups in total. The maximum Gasteiger partial charge on any atom is 0.308 e. The summed E-state index contributed by atoms with van der Waals surface area (Å²) in [5.74, 6) is -2.94. The Labute approximate surface area is 133 Å². The normalized spacial score (nSPS) is 24.0. The molecule has 0 spiro atoms. The van der Waals surface area contributed by atoms with Gasteiger partial charge in [-0.05, 0) is 42.7 Å². The van der Waals surface area contributed by atoms with Crippen LogP contribution in [0.15, 0.2) is 18.2 Å². The molecule has 1 aliphatic carbocycles. The fourth-order valence-corrected chi connectivity index (χ4v) is 3.44. The average Bonchev–Trinajstić information content (AvgIpc) is 3.26. The number of carbonyl (C=O) groups is 2. The summed E-state index contributed by atoms with van der Waals surface area (Å²) < 4.78 is 26.8. The number of carbonyl (C=O) groups excluding carboxylic acids is 1. The topological polar surface area (TPSA) is 57.6 Å². The van der Waals surface area contributed by atoms with Crippen molar-refractivity contribution in [3.05, 3.63) is 35.4 Å². The van der Waals surface area contributed by atoms with E-state index in [1.54, 1.807) is 4.90 Å². The fourth-order valence-electron chi connectivity index (χ4n) is 3.44. The number of hydrogen-bond acceptors (Lipinski definition) is 2. The van der Waals surface area contributed by atoms with Crippen molar-refractivity contribution in [2.75, 3.05) is 13.1 Å². The number of aliphatic carboxylic acids is 1. The summed E-state index contributed by atoms with van der Waals surface area (Å²) in [7, 11) is 0. The summed E-state index contributed by atoms with van der Waals surface area (Å²) in [4.78, 5) is 25.2. The molecule has 0 aromatic heterocycles. The maximum atomic E-state index is 13.6. The van der Waals surface area contributed by atoms with Gasteiger partial charge in [-0.1, -0.05) is 12.1 Å². The van der Waals surface area contributed by atoms with Gasteiger partial charge in [-0.25, -0.2) is 8.78 Å². The second-order valence-electron chi connectivity index (χ2n) is 6.46. The smallest absolute Gasteiger partial charge is 0.308 e. The highest BCUT2D eigenvalue weighted by Gasteiger charge is 2.46. The number of hydrogen-bond donors (Lipinski definition) is 1. The molecule has 2 fully saturated rings. The number of amides is 1. The van der Waals surface area contributed by atoms with E-state index in [0.717, 1.165) is 18.9 Å². The van der Waals surface area contributed by atoms with Crippen molar-refractivity contribution in [2.24, 2.45) is 17.8 Å². The summed E-state index contributed by atoms with van der Waals surface area (Å²) >= 11 is 0. The molecule has 2 aliphatic rings. The van der Waals surface area contributed by atoms with Gasteiger partial charge in [-0.2, -0.15) is 0 Å². The second kappa shape index (κ2) is 6.26. The van der Waals surface area contributed by atoms with E-state index in [1.807, 2.05) is 0 Å². The zero-order valence-corrected chi connectivity index (χ0v) is 12.7. The monoisotopic (exact) mass is 323 g/mol. The van der Waals surface area contributed by atoms with Crippen molar-refractivity contribution in [3.8, 4) is 0 Å². The number of benzene rings is 1. The van der Waals surface area contributed by atoms with Crippen molar-refractivity contribution in [3.63, 3.8) is 0 Å². The summed E-state index contributed by atoms with van der Waals surface area (Å²) in [6.07, 6.45) is 2.24. The molecule has 1 aliphatic heterocycles. The van der Waals surface area contributed by atoms with Crippen molar-refractivity contribution < 1.29 is 23.5 Å². The molecule has 1 aromatic rings. The van der Waals surface area contributed by atoms with E-state index < -0.39 is 23.5 Å². The quantitative estimate of drug-likeness (QED) is 0.905. The molecule has 124 valence electrons. The van der Waals surface area contributed by atoms with Crippen molar-refractivity contribution in [1.82, 2.24) is 4.90 Å². The SMILES string of the molecule is O=C(O)[C@H]1CN(C(=O)CCc2cccc(F)c2F)C[C@@H]1C1CC1. The van der Waals surface area contributed by atoms with E-state index in [1.165, 1.54) is 12.1 Å². The first kappa shape index (κ1) is 15.9. The number of rotatable bonds is 5. The maximum absolute atomic E-state index is 13.6. The number of carboxylic acids is 1. The molecule has 23 heavy (non-hydrogen) atoms. The van der Waals surface area contributed by atoms with Crippen molar-refractivity contribution in [1.29, 1.82) is 0 Å². The predicted octanol–water partition coefficient (Wildman–Crippen LogP) is 2.47. The second-order valence-corrected chi connectivity index (χ2v) is 6.46. The number of halogens is 2. The molecule has 1 aromatic carbocycles. The van der Waals surface area contributed by atoms with Crippen LogP contribution in [0.3, 0.4) is 0 Å². The van der Waals surface area contributed by atoms with E-state index in [2.05, 4.69) is 0 Å². The predicted molar refractivity (Wildman–Crippen MR) is 78.6 cm³/mol. The van der Waals surface area contributed by atoms with E-state index in [-0.39, 0.29) is 36.8 Å². The highest BCUT2D eigenvalue weighted by atomic mass is 19.2. The Kier molecular flexibility index (Phi) is 4.33. The van der Waals surface area contributed by atoms with Crippen LogP contribution in [-0.2, 0) is 16.0 Å². The Morgan fingerprint density at radius 2 is 1.96 bits per heavy atom. The third-order valence-corrected chi connectivity index (χ3v) is 4.90. The fraction of sp³-hybridized carbons (Fsp3) is 0.529. The van der Waals surface area contributed by atoms with Crippen LogP contribution in [0.4, 0.5) is 8.78 Å². The molecule has 1 saturated carbocycles. The molecule has 1 saturated heterocycles. The highest BCUT2D eigenvalue weighted by molar-refractivity contribution is 5.79. The van der Waals surface area contributed by atoms with Crippen LogP contribution in [0.5, 0.6) is 0 Å². The molecular weight excluding hydrogens is 304 g/mol. The molecule has 1 amide bonds. The Hall–Kier alpha value is -1.98. The van der Waals surface area contributed by atoms with Gasteiger partial charge < -0.3 is 10.0 Å². The molecular formula is C17H19F2NO3. The molecule has 4 nitrogen and oxygen atoms in total. The molecule has 2 atom stereocenters. The van der Waals surface area contributed by atoms with Crippen LogP contribution in [0.1, 0.15) is 24.8 Å². The van der Waals surface area contributed by atoms with Gasteiger partial charge in [0.2, 0.25) is 5.91 Å². The molecule has 6 heteroatoms. The van der Waals surface area contributed by atoms with Gasteiger partial charge in [0.15, 0.2) is 11.6 Å². The number of nitrogens with zero attached hydrogens (tertiary/aromatic N) is 1. The van der Waals surface area contributed by atoms with Gasteiger partial charge in [0.25, 0.3) is 0 Å². The lowest BCUT2D eigenvalue weighted by atomic mass is 9.92. The molecule has 0 unspecified atom stereocenters. The van der Waals surface area contributed by atoms with Crippen LogP contribution in [0.25, 0.3) is 0 Å². The lowest BCUT2D eigenvalue weighted by Gasteiger charge is -2.16. The standard InChI is InChI=1S/C17H19F2NO3/c18-14-3-1-2-11(16(14)19)6-7-15(21)20-8-12(10-4-5-10)13(9-20)17(22)23/h1-3,10,12-13H,4-9H2,(H,22,23)/t12-,13+/m1/s1. The van der Waals surface area contributed by atoms with Crippen molar-refractivity contribution in [2.45, 2.75) is 25.7 Å². The average molecular weight is 323 g/mol. The summed E-state index contributed by atoms with van der Waals surface area (Å²) in [5, 5.41) is 9.31. The Morgan fingerprint density at radius 3 is 2.61 bits per heavy atom. The van der Waals surface area contributed by atoms with Gasteiger partial charge in [-0.15, -0.1) is 0 Å². The molecule has 0 bridgehead atoms. The minimum atomic E-state index is -0.920. The van der Waals surface area contributed by atoms with Crippen LogP contribution in [0.2, 0.25) is 0 Å². The Balaban J connectivity index is 1.60. The summed E-state index contributed by atoms with van der Waals surface area (Å²) in [5.41, 5.74) is 0.172.